The summed E-state index contributed by atoms with van der Waals surface area (Å²) in [4.78, 5) is 2.46. The molecular formula is C15H32N2. The van der Waals surface area contributed by atoms with Crippen LogP contribution >= 0.6 is 0 Å². The fourth-order valence-corrected chi connectivity index (χ4v) is 3.13. The van der Waals surface area contributed by atoms with E-state index in [1.807, 2.05) is 0 Å². The minimum absolute atomic E-state index is 0.541. The summed E-state index contributed by atoms with van der Waals surface area (Å²) in [6, 6.07) is 1.43. The topological polar surface area (TPSA) is 15.3 Å². The first-order valence-electron chi connectivity index (χ1n) is 7.29. The average Bonchev–Trinajstić information content (AvgIpc) is 2.50. The molecule has 0 aliphatic heterocycles. The highest BCUT2D eigenvalue weighted by Crippen LogP contribution is 2.40. The highest BCUT2D eigenvalue weighted by atomic mass is 15.1. The van der Waals surface area contributed by atoms with E-state index in [-0.39, 0.29) is 0 Å². The van der Waals surface area contributed by atoms with Gasteiger partial charge in [0.25, 0.3) is 0 Å². The van der Waals surface area contributed by atoms with Crippen molar-refractivity contribution >= 4 is 0 Å². The van der Waals surface area contributed by atoms with Crippen LogP contribution in [0.3, 0.4) is 0 Å². The predicted molar refractivity (Wildman–Crippen MR) is 76.4 cm³/mol. The van der Waals surface area contributed by atoms with Gasteiger partial charge in [-0.3, -0.25) is 0 Å². The molecule has 0 spiro atoms. The maximum absolute atomic E-state index is 3.76. The molecule has 0 radical (unpaired) electrons. The lowest BCUT2D eigenvalue weighted by molar-refractivity contribution is 0.244. The van der Waals surface area contributed by atoms with Crippen molar-refractivity contribution in [2.24, 2.45) is 11.3 Å². The second kappa shape index (κ2) is 6.19. The van der Waals surface area contributed by atoms with E-state index in [0.717, 1.165) is 18.5 Å². The Bertz CT molecular complexity index is 225. The van der Waals surface area contributed by atoms with Crippen molar-refractivity contribution in [1.82, 2.24) is 10.2 Å². The van der Waals surface area contributed by atoms with Crippen LogP contribution in [0.15, 0.2) is 0 Å². The highest BCUT2D eigenvalue weighted by Gasteiger charge is 2.36. The monoisotopic (exact) mass is 240 g/mol. The second-order valence-corrected chi connectivity index (χ2v) is 6.85. The van der Waals surface area contributed by atoms with E-state index in [0.29, 0.717) is 11.5 Å². The normalized spacial score (nSPS) is 29.8. The SMILES string of the molecule is CCC(C)N(C)CCNC1CC(C)(C)CC1C. The third-order valence-electron chi connectivity index (χ3n) is 4.55. The van der Waals surface area contributed by atoms with E-state index in [1.165, 1.54) is 25.8 Å². The summed E-state index contributed by atoms with van der Waals surface area (Å²) in [5.74, 6) is 0.832. The predicted octanol–water partition coefficient (Wildman–Crippen LogP) is 3.13. The van der Waals surface area contributed by atoms with Gasteiger partial charge in [-0.05, 0) is 44.6 Å². The average molecular weight is 240 g/mol. The summed E-state index contributed by atoms with van der Waals surface area (Å²) in [6.45, 7) is 14.1. The van der Waals surface area contributed by atoms with Gasteiger partial charge >= 0.3 is 0 Å². The van der Waals surface area contributed by atoms with E-state index >= 15 is 0 Å². The van der Waals surface area contributed by atoms with E-state index in [2.05, 4.69) is 51.9 Å². The smallest absolute Gasteiger partial charge is 0.0107 e. The summed E-state index contributed by atoms with van der Waals surface area (Å²) < 4.78 is 0. The number of hydrogen-bond acceptors (Lipinski definition) is 2. The van der Waals surface area contributed by atoms with Crippen molar-refractivity contribution in [3.63, 3.8) is 0 Å². The van der Waals surface area contributed by atoms with Crippen LogP contribution in [-0.2, 0) is 0 Å². The summed E-state index contributed by atoms with van der Waals surface area (Å²) in [7, 11) is 2.23. The number of nitrogens with one attached hydrogen (secondary N) is 1. The molecule has 102 valence electrons. The third-order valence-corrected chi connectivity index (χ3v) is 4.55. The van der Waals surface area contributed by atoms with Crippen molar-refractivity contribution in [3.05, 3.63) is 0 Å². The summed E-state index contributed by atoms with van der Waals surface area (Å²) in [5, 5.41) is 3.76. The maximum Gasteiger partial charge on any atom is 0.0107 e. The zero-order valence-electron chi connectivity index (χ0n) is 12.7. The Labute approximate surface area is 108 Å². The second-order valence-electron chi connectivity index (χ2n) is 6.85. The van der Waals surface area contributed by atoms with Crippen LogP contribution in [0, 0.1) is 11.3 Å². The van der Waals surface area contributed by atoms with E-state index in [9.17, 15) is 0 Å². The molecule has 0 amide bonds. The van der Waals surface area contributed by atoms with Crippen LogP contribution in [0.4, 0.5) is 0 Å². The Morgan fingerprint density at radius 3 is 2.47 bits per heavy atom. The van der Waals surface area contributed by atoms with Gasteiger partial charge in [0.15, 0.2) is 0 Å². The van der Waals surface area contributed by atoms with Gasteiger partial charge in [-0.1, -0.05) is 27.7 Å². The molecule has 3 unspecified atom stereocenters. The molecule has 1 rings (SSSR count). The van der Waals surface area contributed by atoms with Crippen molar-refractivity contribution < 1.29 is 0 Å². The Kier molecular flexibility index (Phi) is 5.46. The quantitative estimate of drug-likeness (QED) is 0.767. The summed E-state index contributed by atoms with van der Waals surface area (Å²) in [5.41, 5.74) is 0.541. The fraction of sp³-hybridized carbons (Fsp3) is 1.00. The first-order chi connectivity index (χ1) is 7.85. The summed E-state index contributed by atoms with van der Waals surface area (Å²) >= 11 is 0. The van der Waals surface area contributed by atoms with Crippen LogP contribution in [0.1, 0.15) is 53.9 Å². The standard InChI is InChI=1S/C15H32N2/c1-7-13(3)17(6)9-8-16-14-11-15(4,5)10-12(14)2/h12-14,16H,7-11H2,1-6H3. The molecule has 2 heteroatoms. The molecule has 1 aliphatic rings. The zero-order chi connectivity index (χ0) is 13.1. The Morgan fingerprint density at radius 2 is 2.00 bits per heavy atom. The lowest BCUT2D eigenvalue weighted by Gasteiger charge is -2.25. The number of hydrogen-bond donors (Lipinski definition) is 1. The van der Waals surface area contributed by atoms with Gasteiger partial charge in [-0.25, -0.2) is 0 Å². The van der Waals surface area contributed by atoms with E-state index in [4.69, 9.17) is 0 Å². The van der Waals surface area contributed by atoms with Crippen molar-refractivity contribution in [2.45, 2.75) is 66.0 Å². The molecule has 1 aliphatic carbocycles. The third kappa shape index (κ3) is 4.59. The molecule has 3 atom stereocenters. The minimum Gasteiger partial charge on any atom is -0.312 e. The lowest BCUT2D eigenvalue weighted by Crippen LogP contribution is -2.39. The van der Waals surface area contributed by atoms with Crippen LogP contribution in [-0.4, -0.2) is 37.1 Å². The van der Waals surface area contributed by atoms with E-state index < -0.39 is 0 Å². The molecule has 1 N–H and O–H groups in total. The van der Waals surface area contributed by atoms with Gasteiger partial charge in [0.1, 0.15) is 0 Å². The molecule has 0 bridgehead atoms. The van der Waals surface area contributed by atoms with Gasteiger partial charge < -0.3 is 10.2 Å². The van der Waals surface area contributed by atoms with Crippen LogP contribution in [0.25, 0.3) is 0 Å². The van der Waals surface area contributed by atoms with Crippen molar-refractivity contribution in [3.8, 4) is 0 Å². The largest absolute Gasteiger partial charge is 0.312 e. The van der Waals surface area contributed by atoms with Gasteiger partial charge in [0.2, 0.25) is 0 Å². The first-order valence-corrected chi connectivity index (χ1v) is 7.29. The molecule has 0 aromatic rings. The van der Waals surface area contributed by atoms with Crippen molar-refractivity contribution in [1.29, 1.82) is 0 Å². The van der Waals surface area contributed by atoms with Crippen molar-refractivity contribution in [2.75, 3.05) is 20.1 Å². The van der Waals surface area contributed by atoms with E-state index in [1.54, 1.807) is 0 Å². The molecule has 0 aromatic heterocycles. The maximum atomic E-state index is 3.76. The summed E-state index contributed by atoms with van der Waals surface area (Å²) in [6.07, 6.45) is 3.94. The zero-order valence-corrected chi connectivity index (χ0v) is 12.7. The number of nitrogens with zero attached hydrogens (tertiary/aromatic N) is 1. The van der Waals surface area contributed by atoms with Gasteiger partial charge in [-0.15, -0.1) is 0 Å². The molecule has 2 nitrogen and oxygen atoms in total. The molecule has 1 fully saturated rings. The van der Waals surface area contributed by atoms with Gasteiger partial charge in [-0.2, -0.15) is 0 Å². The Hall–Kier alpha value is -0.0800. The molecule has 1 saturated carbocycles. The fourth-order valence-electron chi connectivity index (χ4n) is 3.13. The number of rotatable bonds is 6. The highest BCUT2D eigenvalue weighted by molar-refractivity contribution is 4.91. The number of likely N-dealkylation sites (N-methyl/N-ethyl adjacent to an activating group) is 1. The Morgan fingerprint density at radius 1 is 1.35 bits per heavy atom. The minimum atomic E-state index is 0.541. The molecule has 0 aromatic carbocycles. The molecule has 17 heavy (non-hydrogen) atoms. The van der Waals surface area contributed by atoms with Gasteiger partial charge in [0, 0.05) is 25.2 Å². The lowest BCUT2D eigenvalue weighted by atomic mass is 9.91. The Balaban J connectivity index is 2.23. The van der Waals surface area contributed by atoms with Gasteiger partial charge in [0.05, 0.1) is 0 Å². The first kappa shape index (κ1) is 15.0. The van der Waals surface area contributed by atoms with Crippen LogP contribution in [0.5, 0.6) is 0 Å². The van der Waals surface area contributed by atoms with Crippen LogP contribution < -0.4 is 5.32 Å². The molecule has 0 saturated heterocycles. The molecular weight excluding hydrogens is 208 g/mol. The molecule has 0 heterocycles. The van der Waals surface area contributed by atoms with Crippen LogP contribution in [0.2, 0.25) is 0 Å².